The summed E-state index contributed by atoms with van der Waals surface area (Å²) in [5.74, 6) is 4.88. The predicted octanol–water partition coefficient (Wildman–Crippen LogP) is 4.63. The fraction of sp³-hybridized carbons (Fsp3) is 0.467. The lowest BCUT2D eigenvalue weighted by Crippen LogP contribution is -2.67. The number of carbonyl (C=O) groups excluding carboxylic acids is 1. The van der Waals surface area contributed by atoms with Crippen molar-refractivity contribution < 1.29 is 14.7 Å². The Bertz CT molecular complexity index is 1060. The topological polar surface area (TPSA) is 60.9 Å². The van der Waals surface area contributed by atoms with Crippen LogP contribution in [0.4, 0.5) is 0 Å². The van der Waals surface area contributed by atoms with E-state index in [1.165, 1.54) is 0 Å². The van der Waals surface area contributed by atoms with Gasteiger partial charge in [-0.15, -0.1) is 0 Å². The van der Waals surface area contributed by atoms with Gasteiger partial charge in [-0.1, -0.05) is 72.5 Å². The van der Waals surface area contributed by atoms with E-state index >= 15 is 0 Å². The minimum Gasteiger partial charge on any atom is -0.480 e. The van der Waals surface area contributed by atoms with Gasteiger partial charge >= 0.3 is 5.97 Å². The molecule has 1 saturated carbocycles. The Balaban J connectivity index is 1.64. The zero-order valence-electron chi connectivity index (χ0n) is 21.1. The van der Waals surface area contributed by atoms with Crippen LogP contribution in [0.25, 0.3) is 0 Å². The first-order valence-corrected chi connectivity index (χ1v) is 12.5. The van der Waals surface area contributed by atoms with E-state index in [9.17, 15) is 14.7 Å². The molecule has 2 bridgehead atoms. The van der Waals surface area contributed by atoms with Gasteiger partial charge < -0.3 is 10.0 Å². The third kappa shape index (κ3) is 5.44. The number of carboxylic acid groups (broad SMARTS) is 1. The summed E-state index contributed by atoms with van der Waals surface area (Å²) in [4.78, 5) is 30.7. The highest BCUT2D eigenvalue weighted by molar-refractivity contribution is 5.91. The van der Waals surface area contributed by atoms with Gasteiger partial charge in [-0.3, -0.25) is 9.69 Å². The molecule has 0 spiro atoms. The van der Waals surface area contributed by atoms with Crippen LogP contribution in [-0.4, -0.2) is 58.5 Å². The number of aliphatic carboxylic acids is 1. The highest BCUT2D eigenvalue weighted by atomic mass is 16.4. The molecule has 4 atom stereocenters. The molecule has 1 N–H and O–H groups in total. The quantitative estimate of drug-likeness (QED) is 0.623. The molecule has 5 heteroatoms. The van der Waals surface area contributed by atoms with Crippen molar-refractivity contribution in [3.8, 4) is 11.8 Å². The molecule has 184 valence electrons. The Morgan fingerprint density at radius 2 is 1.60 bits per heavy atom. The first-order chi connectivity index (χ1) is 16.7. The number of hydrogen-bond acceptors (Lipinski definition) is 3. The highest BCUT2D eigenvalue weighted by Crippen LogP contribution is 2.44. The number of amides is 1. The molecule has 3 fully saturated rings. The maximum atomic E-state index is 14.2. The van der Waals surface area contributed by atoms with E-state index in [0.29, 0.717) is 6.54 Å². The average molecular weight is 473 g/mol. The van der Waals surface area contributed by atoms with Crippen molar-refractivity contribution in [1.82, 2.24) is 9.80 Å². The van der Waals surface area contributed by atoms with E-state index < -0.39 is 17.9 Å². The molecule has 2 aromatic rings. The zero-order chi connectivity index (χ0) is 25.2. The average Bonchev–Trinajstić information content (AvgIpc) is 2.84. The third-order valence-electron chi connectivity index (χ3n) is 7.32. The lowest BCUT2D eigenvalue weighted by atomic mass is 9.70. The lowest BCUT2D eigenvalue weighted by molar-refractivity contribution is -0.168. The Morgan fingerprint density at radius 1 is 1.03 bits per heavy atom. The summed E-state index contributed by atoms with van der Waals surface area (Å²) < 4.78 is 0. The van der Waals surface area contributed by atoms with E-state index in [1.54, 1.807) is 4.90 Å². The molecule has 5 nitrogen and oxygen atoms in total. The third-order valence-corrected chi connectivity index (χ3v) is 7.32. The molecule has 2 aliphatic heterocycles. The minimum absolute atomic E-state index is 0.0664. The van der Waals surface area contributed by atoms with Crippen molar-refractivity contribution in [1.29, 1.82) is 0 Å². The van der Waals surface area contributed by atoms with Crippen LogP contribution < -0.4 is 0 Å². The van der Waals surface area contributed by atoms with Gasteiger partial charge in [-0.05, 0) is 58.2 Å². The largest absolute Gasteiger partial charge is 0.480 e. The minimum atomic E-state index is -0.910. The second-order valence-electron chi connectivity index (χ2n) is 10.9. The van der Waals surface area contributed by atoms with E-state index in [2.05, 4.69) is 37.5 Å². The van der Waals surface area contributed by atoms with Crippen LogP contribution in [0.1, 0.15) is 57.1 Å². The summed E-state index contributed by atoms with van der Waals surface area (Å²) in [6, 6.07) is 18.6. The Morgan fingerprint density at radius 3 is 2.11 bits per heavy atom. The Labute approximate surface area is 209 Å². The van der Waals surface area contributed by atoms with E-state index in [0.717, 1.165) is 30.4 Å². The molecule has 1 unspecified atom stereocenters. The van der Waals surface area contributed by atoms with Gasteiger partial charge in [0.05, 0.1) is 12.5 Å². The van der Waals surface area contributed by atoms with Crippen molar-refractivity contribution >= 4 is 11.9 Å². The molecular weight excluding hydrogens is 436 g/mol. The molecule has 0 radical (unpaired) electrons. The summed E-state index contributed by atoms with van der Waals surface area (Å²) in [5, 5.41) is 10.3. The summed E-state index contributed by atoms with van der Waals surface area (Å²) in [7, 11) is 2.03. The molecule has 2 aromatic carbocycles. The second kappa shape index (κ2) is 10.3. The van der Waals surface area contributed by atoms with Gasteiger partial charge in [-0.2, -0.15) is 0 Å². The smallest absolute Gasteiger partial charge is 0.326 e. The van der Waals surface area contributed by atoms with Crippen molar-refractivity contribution in [2.24, 2.45) is 11.3 Å². The van der Waals surface area contributed by atoms with Crippen molar-refractivity contribution in [2.45, 2.75) is 64.1 Å². The van der Waals surface area contributed by atoms with Crippen LogP contribution in [0.5, 0.6) is 0 Å². The molecule has 0 aromatic heterocycles. The van der Waals surface area contributed by atoms with Crippen LogP contribution in [0.15, 0.2) is 60.7 Å². The zero-order valence-corrected chi connectivity index (χ0v) is 21.1. The van der Waals surface area contributed by atoms with Crippen LogP contribution in [-0.2, 0) is 9.59 Å². The van der Waals surface area contributed by atoms with Crippen molar-refractivity contribution in [3.05, 3.63) is 71.8 Å². The fourth-order valence-electron chi connectivity index (χ4n) is 5.79. The number of carbonyl (C=O) groups is 2. The molecule has 2 saturated heterocycles. The van der Waals surface area contributed by atoms with Gasteiger partial charge in [0.1, 0.15) is 6.04 Å². The van der Waals surface area contributed by atoms with Crippen LogP contribution >= 0.6 is 0 Å². The Hall–Kier alpha value is -3.10. The predicted molar refractivity (Wildman–Crippen MR) is 138 cm³/mol. The monoisotopic (exact) mass is 472 g/mol. The van der Waals surface area contributed by atoms with Gasteiger partial charge in [-0.25, -0.2) is 4.79 Å². The van der Waals surface area contributed by atoms with Gasteiger partial charge in [0.25, 0.3) is 0 Å². The molecule has 1 aliphatic carbocycles. The maximum Gasteiger partial charge on any atom is 0.326 e. The summed E-state index contributed by atoms with van der Waals surface area (Å²) in [5.41, 5.74) is 1.71. The molecule has 5 rings (SSSR count). The van der Waals surface area contributed by atoms with Crippen LogP contribution in [0, 0.1) is 23.2 Å². The maximum absolute atomic E-state index is 14.2. The van der Waals surface area contributed by atoms with Crippen molar-refractivity contribution in [3.63, 3.8) is 0 Å². The SMILES string of the molecule is CN(CC#CC(C)(C)C)C1C[C@@H]2CC[C@H]1[C@@H](C(=O)O)N2C(=O)C(c1ccccc1)c1ccccc1. The summed E-state index contributed by atoms with van der Waals surface area (Å²) >= 11 is 0. The van der Waals surface area contributed by atoms with Crippen molar-refractivity contribution in [2.75, 3.05) is 13.6 Å². The lowest BCUT2D eigenvalue weighted by Gasteiger charge is -2.55. The second-order valence-corrected chi connectivity index (χ2v) is 10.9. The number of fused-ring (bicyclic) bond motifs is 3. The molecule has 1 amide bonds. The molecule has 3 aliphatic rings. The molecular formula is C30H36N2O3. The standard InChI is InChI=1S/C30H36N2O3/c1-30(2,3)18-11-19-31(4)25-20-23-16-17-24(25)27(29(34)35)32(23)28(33)26(21-12-7-5-8-13-21)22-14-9-6-10-15-22/h5-10,12-15,23-27H,16-17,19-20H2,1-4H3,(H,34,35)/t23-,24+,25?,27-/m0/s1. The van der Waals surface area contributed by atoms with Gasteiger partial charge in [0.2, 0.25) is 5.91 Å². The fourth-order valence-corrected chi connectivity index (χ4v) is 5.79. The number of rotatable bonds is 6. The normalized spacial score (nSPS) is 23.8. The first kappa shape index (κ1) is 25.0. The van der Waals surface area contributed by atoms with E-state index in [4.69, 9.17) is 0 Å². The number of carboxylic acids is 1. The summed E-state index contributed by atoms with van der Waals surface area (Å²) in [6.45, 7) is 6.86. The van der Waals surface area contributed by atoms with Crippen LogP contribution in [0.3, 0.4) is 0 Å². The van der Waals surface area contributed by atoms with Gasteiger partial charge in [0.15, 0.2) is 0 Å². The molecule has 2 heterocycles. The number of hydrogen-bond donors (Lipinski definition) is 1. The van der Waals surface area contributed by atoms with Crippen LogP contribution in [0.2, 0.25) is 0 Å². The highest BCUT2D eigenvalue weighted by Gasteiger charge is 2.54. The van der Waals surface area contributed by atoms with Gasteiger partial charge in [0, 0.05) is 23.4 Å². The first-order valence-electron chi connectivity index (χ1n) is 12.5. The Kier molecular flexibility index (Phi) is 7.33. The van der Waals surface area contributed by atoms with E-state index in [1.807, 2.05) is 67.7 Å². The van der Waals surface area contributed by atoms with E-state index in [-0.39, 0.29) is 29.3 Å². The number of nitrogens with zero attached hydrogens (tertiary/aromatic N) is 2. The number of piperidine rings is 2. The number of benzene rings is 2. The summed E-state index contributed by atoms with van der Waals surface area (Å²) in [6.07, 6.45) is 2.44. The molecule has 35 heavy (non-hydrogen) atoms.